The lowest BCUT2D eigenvalue weighted by Gasteiger charge is -2.39. The van der Waals surface area contributed by atoms with Gasteiger partial charge in [-0.25, -0.2) is 4.98 Å². The highest BCUT2D eigenvalue weighted by Crippen LogP contribution is 2.51. The Bertz CT molecular complexity index is 1530. The molecule has 0 aliphatic carbocycles. The van der Waals surface area contributed by atoms with E-state index >= 15 is 0 Å². The lowest BCUT2D eigenvalue weighted by Crippen LogP contribution is -2.44. The van der Waals surface area contributed by atoms with E-state index < -0.39 is 0 Å². The Balaban J connectivity index is 1.38. The largest absolute Gasteiger partial charge is 0.497 e. The molecule has 1 amide bonds. The van der Waals surface area contributed by atoms with Crippen molar-refractivity contribution in [1.82, 2.24) is 9.88 Å². The van der Waals surface area contributed by atoms with E-state index in [-0.39, 0.29) is 22.4 Å². The van der Waals surface area contributed by atoms with E-state index in [1.165, 1.54) is 11.8 Å². The van der Waals surface area contributed by atoms with Crippen molar-refractivity contribution < 1.29 is 14.3 Å². The van der Waals surface area contributed by atoms with Crippen molar-refractivity contribution in [1.29, 1.82) is 0 Å². The lowest BCUT2D eigenvalue weighted by molar-refractivity contribution is 0.136. The number of hydrogen-bond acceptors (Lipinski definition) is 6. The molecule has 0 saturated carbocycles. The van der Waals surface area contributed by atoms with Gasteiger partial charge < -0.3 is 20.1 Å². The number of aromatic nitrogens is 1. The van der Waals surface area contributed by atoms with Crippen LogP contribution in [-0.4, -0.2) is 41.4 Å². The fraction of sp³-hybridized carbons (Fsp3) is 0.273. The van der Waals surface area contributed by atoms with E-state index in [9.17, 15) is 4.79 Å². The number of thioether (sulfide) groups is 1. The van der Waals surface area contributed by atoms with Crippen LogP contribution in [0.1, 0.15) is 23.7 Å². The Labute approximate surface area is 239 Å². The van der Waals surface area contributed by atoms with E-state index in [0.29, 0.717) is 12.5 Å². The van der Waals surface area contributed by atoms with Crippen molar-refractivity contribution in [2.75, 3.05) is 20.2 Å². The summed E-state index contributed by atoms with van der Waals surface area (Å²) in [4.78, 5) is 20.3. The van der Waals surface area contributed by atoms with Crippen molar-refractivity contribution in [3.63, 3.8) is 0 Å². The molecule has 0 radical (unpaired) electrons. The van der Waals surface area contributed by atoms with E-state index in [1.54, 1.807) is 7.11 Å². The molecule has 4 aromatic rings. The molecule has 1 aromatic heterocycles. The highest BCUT2D eigenvalue weighted by atomic mass is 32.2. The summed E-state index contributed by atoms with van der Waals surface area (Å²) in [5, 5.41) is 1.14. The molecular formula is C33H33N3O3S. The van der Waals surface area contributed by atoms with Crippen LogP contribution in [0.25, 0.3) is 22.2 Å². The summed E-state index contributed by atoms with van der Waals surface area (Å²) in [5.41, 5.74) is 9.92. The second-order valence-corrected chi connectivity index (χ2v) is 11.5. The number of amides is 1. The van der Waals surface area contributed by atoms with Crippen LogP contribution in [0.15, 0.2) is 91.5 Å². The second kappa shape index (κ2) is 11.4. The summed E-state index contributed by atoms with van der Waals surface area (Å²) in [6.45, 7) is 5.36. The van der Waals surface area contributed by atoms with E-state index in [2.05, 4.69) is 17.5 Å². The standard InChI is InChI=1S/C33H33N3O3S/c1-3-21(20-34)23-15-16-36-31(17-23)32(40-33(36)37)28-19-30(35-29-14-13-26(38-2)18-27(28)29)22-9-11-25(12-10-22)39-24-7-5-4-6-8-24/h3-14,18-19,21,23,31-32H,1,15-17,20,34H2,2H3/t21-,23-,31-,32+/m0/s1. The summed E-state index contributed by atoms with van der Waals surface area (Å²) in [6, 6.07) is 26.0. The molecular weight excluding hydrogens is 518 g/mol. The van der Waals surface area contributed by atoms with Gasteiger partial charge in [0.05, 0.1) is 23.6 Å². The minimum absolute atomic E-state index is 0.0180. The first-order chi connectivity index (χ1) is 19.6. The highest BCUT2D eigenvalue weighted by molar-refractivity contribution is 8.14. The monoisotopic (exact) mass is 551 g/mol. The first-order valence-electron chi connectivity index (χ1n) is 13.7. The molecule has 0 bridgehead atoms. The average Bonchev–Trinajstić information content (AvgIpc) is 3.33. The SMILES string of the molecule is C=C[C@@H](CN)[C@H]1CCN2C(=O)S[C@H](c3cc(-c4ccc(Oc5ccccc5)cc4)nc4ccc(OC)cc34)[C@@H]2C1. The molecule has 6 nitrogen and oxygen atoms in total. The number of carbonyl (C=O) groups is 1. The Hall–Kier alpha value is -3.81. The average molecular weight is 552 g/mol. The van der Waals surface area contributed by atoms with Gasteiger partial charge >= 0.3 is 0 Å². The van der Waals surface area contributed by atoms with Gasteiger partial charge in [0.2, 0.25) is 0 Å². The van der Waals surface area contributed by atoms with E-state index in [0.717, 1.165) is 64.4 Å². The smallest absolute Gasteiger partial charge is 0.282 e. The number of rotatable bonds is 8. The van der Waals surface area contributed by atoms with Crippen LogP contribution < -0.4 is 15.2 Å². The maximum atomic E-state index is 13.2. The third-order valence-corrected chi connectivity index (χ3v) is 9.42. The maximum absolute atomic E-state index is 13.2. The van der Waals surface area contributed by atoms with Crippen LogP contribution in [-0.2, 0) is 0 Å². The van der Waals surface area contributed by atoms with E-state index in [1.807, 2.05) is 78.9 Å². The normalized spacial score (nSPS) is 21.2. The number of para-hydroxylation sites is 1. The van der Waals surface area contributed by atoms with Gasteiger partial charge in [-0.15, -0.1) is 6.58 Å². The van der Waals surface area contributed by atoms with Gasteiger partial charge in [0, 0.05) is 23.5 Å². The number of benzene rings is 3. The first-order valence-corrected chi connectivity index (χ1v) is 14.6. The minimum atomic E-state index is -0.0180. The van der Waals surface area contributed by atoms with Gasteiger partial charge in [-0.3, -0.25) is 4.79 Å². The number of fused-ring (bicyclic) bond motifs is 2. The van der Waals surface area contributed by atoms with Crippen LogP contribution in [0.4, 0.5) is 4.79 Å². The summed E-state index contributed by atoms with van der Waals surface area (Å²) >= 11 is 1.43. The number of hydrogen-bond donors (Lipinski definition) is 1. The molecule has 204 valence electrons. The second-order valence-electron chi connectivity index (χ2n) is 10.4. The molecule has 7 heteroatoms. The molecule has 3 heterocycles. The zero-order valence-electron chi connectivity index (χ0n) is 22.5. The first kappa shape index (κ1) is 26.4. The highest BCUT2D eigenvalue weighted by Gasteiger charge is 2.46. The number of ether oxygens (including phenoxy) is 2. The van der Waals surface area contributed by atoms with Crippen LogP contribution in [0.3, 0.4) is 0 Å². The summed E-state index contributed by atoms with van der Waals surface area (Å²) in [5.74, 6) is 3.00. The molecule has 4 atom stereocenters. The topological polar surface area (TPSA) is 77.7 Å². The van der Waals surface area contributed by atoms with Crippen LogP contribution in [0, 0.1) is 11.8 Å². The minimum Gasteiger partial charge on any atom is -0.497 e. The van der Waals surface area contributed by atoms with Gasteiger partial charge in [-0.2, -0.15) is 0 Å². The number of nitrogens with zero attached hydrogens (tertiary/aromatic N) is 2. The van der Waals surface area contributed by atoms with E-state index in [4.69, 9.17) is 20.2 Å². The van der Waals surface area contributed by atoms with Crippen LogP contribution in [0.5, 0.6) is 17.2 Å². The molecule has 2 saturated heterocycles. The van der Waals surface area contributed by atoms with Gasteiger partial charge in [0.1, 0.15) is 17.2 Å². The van der Waals surface area contributed by atoms with Crippen molar-refractivity contribution in [3.05, 3.63) is 97.1 Å². The van der Waals surface area contributed by atoms with Crippen molar-refractivity contribution in [3.8, 4) is 28.5 Å². The molecule has 2 N–H and O–H groups in total. The third-order valence-electron chi connectivity index (χ3n) is 8.16. The van der Waals surface area contributed by atoms with Crippen molar-refractivity contribution >= 4 is 27.9 Å². The molecule has 0 unspecified atom stereocenters. The quantitative estimate of drug-likeness (QED) is 0.229. The van der Waals surface area contributed by atoms with Gasteiger partial charge in [-0.05, 0) is 97.4 Å². The molecule has 3 aromatic carbocycles. The van der Waals surface area contributed by atoms with Gasteiger partial charge in [-0.1, -0.05) is 36.0 Å². The lowest BCUT2D eigenvalue weighted by atomic mass is 9.79. The number of pyridine rings is 1. The zero-order chi connectivity index (χ0) is 27.6. The maximum Gasteiger partial charge on any atom is 0.282 e. The molecule has 2 aliphatic heterocycles. The fourth-order valence-electron chi connectivity index (χ4n) is 5.99. The number of nitrogens with two attached hydrogens (primary N) is 1. The predicted molar refractivity (Wildman–Crippen MR) is 162 cm³/mol. The molecule has 40 heavy (non-hydrogen) atoms. The summed E-state index contributed by atoms with van der Waals surface area (Å²) in [7, 11) is 1.67. The zero-order valence-corrected chi connectivity index (χ0v) is 23.3. The van der Waals surface area contributed by atoms with Gasteiger partial charge in [0.25, 0.3) is 5.24 Å². The predicted octanol–water partition coefficient (Wildman–Crippen LogP) is 7.45. The molecule has 6 rings (SSSR count). The number of piperidine rings is 1. The van der Waals surface area contributed by atoms with Crippen LogP contribution >= 0.6 is 11.8 Å². The Morgan fingerprint density at radius 3 is 2.55 bits per heavy atom. The number of methoxy groups -OCH3 is 1. The third kappa shape index (κ3) is 5.07. The summed E-state index contributed by atoms with van der Waals surface area (Å²) in [6.07, 6.45) is 3.85. The Morgan fingerprint density at radius 1 is 1.07 bits per heavy atom. The summed E-state index contributed by atoms with van der Waals surface area (Å²) < 4.78 is 11.6. The molecule has 2 aliphatic rings. The number of carbonyl (C=O) groups excluding carboxylic acids is 1. The molecule has 0 spiro atoms. The van der Waals surface area contributed by atoms with Crippen molar-refractivity contribution in [2.45, 2.75) is 24.1 Å². The Kier molecular flexibility index (Phi) is 7.50. The van der Waals surface area contributed by atoms with Crippen LogP contribution in [0.2, 0.25) is 0 Å². The Morgan fingerprint density at radius 2 is 1.82 bits per heavy atom. The van der Waals surface area contributed by atoms with Gasteiger partial charge in [0.15, 0.2) is 0 Å². The fourth-order valence-corrected chi connectivity index (χ4v) is 7.31. The molecule has 2 fully saturated rings. The van der Waals surface area contributed by atoms with Crippen molar-refractivity contribution in [2.24, 2.45) is 17.6 Å².